The van der Waals surface area contributed by atoms with Crippen LogP contribution < -0.4 is 15.8 Å². The van der Waals surface area contributed by atoms with E-state index in [4.69, 9.17) is 10.5 Å². The molecule has 0 aromatic heterocycles. The molecule has 0 bridgehead atoms. The van der Waals surface area contributed by atoms with Crippen molar-refractivity contribution in [1.29, 1.82) is 0 Å². The topological polar surface area (TPSA) is 64.3 Å². The summed E-state index contributed by atoms with van der Waals surface area (Å²) in [7, 11) is 0. The fourth-order valence-electron chi connectivity index (χ4n) is 1.08. The Balaban J connectivity index is 2.36. The zero-order chi connectivity index (χ0) is 12.9. The zero-order valence-corrected chi connectivity index (χ0v) is 10.00. The van der Waals surface area contributed by atoms with Gasteiger partial charge in [0.25, 0.3) is 5.91 Å². The minimum Gasteiger partial charge on any atom is -0.481 e. The number of hydrogen-bond acceptors (Lipinski definition) is 3. The number of para-hydroxylation sites is 1. The SMILES string of the molecule is CC(C)(N)CNC(=O)COc1ccccc1F. The maximum Gasteiger partial charge on any atom is 0.258 e. The van der Waals surface area contributed by atoms with Crippen LogP contribution in [0.4, 0.5) is 4.39 Å². The van der Waals surface area contributed by atoms with E-state index in [1.807, 2.05) is 0 Å². The summed E-state index contributed by atoms with van der Waals surface area (Å²) in [5.41, 5.74) is 5.22. The molecule has 94 valence electrons. The van der Waals surface area contributed by atoms with Gasteiger partial charge in [-0.1, -0.05) is 12.1 Å². The monoisotopic (exact) mass is 240 g/mol. The third-order valence-corrected chi connectivity index (χ3v) is 1.94. The number of hydrogen-bond donors (Lipinski definition) is 2. The number of carbonyl (C=O) groups is 1. The molecule has 1 aromatic rings. The lowest BCUT2D eigenvalue weighted by molar-refractivity contribution is -0.123. The summed E-state index contributed by atoms with van der Waals surface area (Å²) in [5.74, 6) is -0.749. The van der Waals surface area contributed by atoms with E-state index in [1.54, 1.807) is 26.0 Å². The van der Waals surface area contributed by atoms with Crippen molar-refractivity contribution in [2.45, 2.75) is 19.4 Å². The first-order valence-electron chi connectivity index (χ1n) is 5.31. The fourth-order valence-corrected chi connectivity index (χ4v) is 1.08. The van der Waals surface area contributed by atoms with Crippen LogP contribution in [0.3, 0.4) is 0 Å². The lowest BCUT2D eigenvalue weighted by atomic mass is 10.1. The number of halogens is 1. The van der Waals surface area contributed by atoms with E-state index in [0.717, 1.165) is 0 Å². The molecular weight excluding hydrogens is 223 g/mol. The van der Waals surface area contributed by atoms with Gasteiger partial charge in [-0.05, 0) is 26.0 Å². The second-order valence-corrected chi connectivity index (χ2v) is 4.48. The van der Waals surface area contributed by atoms with Crippen molar-refractivity contribution in [3.63, 3.8) is 0 Å². The molecule has 0 aliphatic carbocycles. The van der Waals surface area contributed by atoms with Gasteiger partial charge in [-0.15, -0.1) is 0 Å². The highest BCUT2D eigenvalue weighted by molar-refractivity contribution is 5.77. The van der Waals surface area contributed by atoms with E-state index in [1.165, 1.54) is 12.1 Å². The van der Waals surface area contributed by atoms with Gasteiger partial charge in [-0.25, -0.2) is 4.39 Å². The van der Waals surface area contributed by atoms with Crippen LogP contribution in [-0.4, -0.2) is 24.6 Å². The van der Waals surface area contributed by atoms with E-state index in [9.17, 15) is 9.18 Å². The number of nitrogens with two attached hydrogens (primary N) is 1. The molecule has 0 saturated carbocycles. The van der Waals surface area contributed by atoms with Crippen molar-refractivity contribution in [2.24, 2.45) is 5.73 Å². The Hall–Kier alpha value is -1.62. The predicted octanol–water partition coefficient (Wildman–Crippen LogP) is 1.06. The van der Waals surface area contributed by atoms with Crippen LogP contribution in [0.1, 0.15) is 13.8 Å². The molecule has 0 aliphatic rings. The Morgan fingerprint density at radius 3 is 2.71 bits per heavy atom. The minimum absolute atomic E-state index is 0.0645. The molecule has 0 fully saturated rings. The van der Waals surface area contributed by atoms with E-state index < -0.39 is 11.4 Å². The average molecular weight is 240 g/mol. The highest BCUT2D eigenvalue weighted by Crippen LogP contribution is 2.14. The minimum atomic E-state index is -0.487. The summed E-state index contributed by atoms with van der Waals surface area (Å²) >= 11 is 0. The third kappa shape index (κ3) is 5.31. The second kappa shape index (κ2) is 5.63. The molecule has 0 saturated heterocycles. The quantitative estimate of drug-likeness (QED) is 0.808. The van der Waals surface area contributed by atoms with Crippen molar-refractivity contribution in [1.82, 2.24) is 5.32 Å². The second-order valence-electron chi connectivity index (χ2n) is 4.48. The Morgan fingerprint density at radius 1 is 1.47 bits per heavy atom. The van der Waals surface area contributed by atoms with E-state index in [2.05, 4.69) is 5.32 Å². The van der Waals surface area contributed by atoms with Gasteiger partial charge in [0.15, 0.2) is 18.2 Å². The zero-order valence-electron chi connectivity index (χ0n) is 10.00. The van der Waals surface area contributed by atoms with Crippen molar-refractivity contribution < 1.29 is 13.9 Å². The average Bonchev–Trinajstić information content (AvgIpc) is 2.24. The molecule has 5 heteroatoms. The van der Waals surface area contributed by atoms with Gasteiger partial charge in [-0.2, -0.15) is 0 Å². The van der Waals surface area contributed by atoms with Crippen LogP contribution in [0.15, 0.2) is 24.3 Å². The van der Waals surface area contributed by atoms with E-state index >= 15 is 0 Å². The van der Waals surface area contributed by atoms with Crippen LogP contribution in [-0.2, 0) is 4.79 Å². The van der Waals surface area contributed by atoms with Gasteiger partial charge in [0.1, 0.15) is 0 Å². The predicted molar refractivity (Wildman–Crippen MR) is 63.2 cm³/mol. The first-order valence-corrected chi connectivity index (χ1v) is 5.31. The molecule has 1 amide bonds. The first kappa shape index (κ1) is 13.4. The highest BCUT2D eigenvalue weighted by atomic mass is 19.1. The Kier molecular flexibility index (Phi) is 4.45. The Labute approximate surface area is 100.0 Å². The van der Waals surface area contributed by atoms with Crippen LogP contribution in [0.2, 0.25) is 0 Å². The van der Waals surface area contributed by atoms with Gasteiger partial charge in [0, 0.05) is 12.1 Å². The van der Waals surface area contributed by atoms with Crippen LogP contribution >= 0.6 is 0 Å². The molecule has 1 rings (SSSR count). The summed E-state index contributed by atoms with van der Waals surface area (Å²) < 4.78 is 18.2. The number of carbonyl (C=O) groups excluding carboxylic acids is 1. The molecule has 0 aliphatic heterocycles. The van der Waals surface area contributed by atoms with E-state index in [0.29, 0.717) is 6.54 Å². The molecule has 1 aromatic carbocycles. The van der Waals surface area contributed by atoms with Crippen molar-refractivity contribution >= 4 is 5.91 Å². The highest BCUT2D eigenvalue weighted by Gasteiger charge is 2.12. The lowest BCUT2D eigenvalue weighted by Crippen LogP contribution is -2.46. The van der Waals surface area contributed by atoms with Crippen molar-refractivity contribution in [3.05, 3.63) is 30.1 Å². The van der Waals surface area contributed by atoms with Gasteiger partial charge in [-0.3, -0.25) is 4.79 Å². The van der Waals surface area contributed by atoms with Crippen molar-refractivity contribution in [3.8, 4) is 5.75 Å². The number of benzene rings is 1. The van der Waals surface area contributed by atoms with Crippen LogP contribution in [0.25, 0.3) is 0 Å². The van der Waals surface area contributed by atoms with Gasteiger partial charge in [0.2, 0.25) is 0 Å². The molecule has 0 spiro atoms. The molecule has 4 nitrogen and oxygen atoms in total. The summed E-state index contributed by atoms with van der Waals surface area (Å²) in [6.07, 6.45) is 0. The first-order chi connectivity index (χ1) is 7.88. The van der Waals surface area contributed by atoms with Gasteiger partial charge < -0.3 is 15.8 Å². The van der Waals surface area contributed by atoms with Crippen LogP contribution in [0.5, 0.6) is 5.75 Å². The molecule has 3 N–H and O–H groups in total. The summed E-state index contributed by atoms with van der Waals surface area (Å²) in [5, 5.41) is 2.60. The number of amides is 1. The maximum absolute atomic E-state index is 13.1. The fraction of sp³-hybridized carbons (Fsp3) is 0.417. The molecule has 0 unspecified atom stereocenters. The summed E-state index contributed by atoms with van der Waals surface area (Å²) in [6.45, 7) is 3.71. The van der Waals surface area contributed by atoms with Gasteiger partial charge >= 0.3 is 0 Å². The third-order valence-electron chi connectivity index (χ3n) is 1.94. The number of nitrogens with one attached hydrogen (secondary N) is 1. The maximum atomic E-state index is 13.1. The van der Waals surface area contributed by atoms with Crippen molar-refractivity contribution in [2.75, 3.05) is 13.2 Å². The number of ether oxygens (including phenoxy) is 1. The largest absolute Gasteiger partial charge is 0.481 e. The smallest absolute Gasteiger partial charge is 0.258 e. The number of rotatable bonds is 5. The molecule has 0 atom stereocenters. The molecule has 0 radical (unpaired) electrons. The normalized spacial score (nSPS) is 11.1. The molecular formula is C12H17FN2O2. The Morgan fingerprint density at radius 2 is 2.12 bits per heavy atom. The summed E-state index contributed by atoms with van der Waals surface area (Å²) in [6, 6.07) is 5.93. The lowest BCUT2D eigenvalue weighted by Gasteiger charge is -2.18. The van der Waals surface area contributed by atoms with E-state index in [-0.39, 0.29) is 18.3 Å². The molecule has 17 heavy (non-hydrogen) atoms. The summed E-state index contributed by atoms with van der Waals surface area (Å²) in [4.78, 5) is 11.4. The standard InChI is InChI=1S/C12H17FN2O2/c1-12(2,14)8-15-11(16)7-17-10-6-4-3-5-9(10)13/h3-6H,7-8,14H2,1-2H3,(H,15,16). The Bertz CT molecular complexity index is 388. The van der Waals surface area contributed by atoms with Crippen LogP contribution in [0, 0.1) is 5.82 Å². The van der Waals surface area contributed by atoms with Gasteiger partial charge in [0.05, 0.1) is 0 Å². The molecule has 0 heterocycles.